The number of hydrogen-bond donors (Lipinski definition) is 2. The van der Waals surface area contributed by atoms with Crippen molar-refractivity contribution in [2.75, 3.05) is 11.9 Å². The molecule has 0 aliphatic heterocycles. The molecular formula is C15H13N3O2S. The zero-order valence-corrected chi connectivity index (χ0v) is 11.9. The van der Waals surface area contributed by atoms with Crippen LogP contribution in [0.2, 0.25) is 0 Å². The van der Waals surface area contributed by atoms with Crippen molar-refractivity contribution in [3.05, 3.63) is 52.2 Å². The van der Waals surface area contributed by atoms with Gasteiger partial charge in [0, 0.05) is 29.6 Å². The average molecular weight is 299 g/mol. The number of carbonyl (C=O) groups is 2. The van der Waals surface area contributed by atoms with Gasteiger partial charge in [-0.2, -0.15) is 16.6 Å². The standard InChI is InChI=1S/C15H13N3O2S/c16-9-11-1-3-13(4-2-11)18-14(19)5-7-17-15(20)12-6-8-21-10-12/h1-4,6,8,10H,5,7H2,(H,17,20)(H,18,19). The average Bonchev–Trinajstić information content (AvgIpc) is 3.02. The third kappa shape index (κ3) is 4.44. The lowest BCUT2D eigenvalue weighted by molar-refractivity contribution is -0.116. The molecule has 0 spiro atoms. The molecule has 0 radical (unpaired) electrons. The molecule has 21 heavy (non-hydrogen) atoms. The van der Waals surface area contributed by atoms with Gasteiger partial charge in [-0.15, -0.1) is 0 Å². The lowest BCUT2D eigenvalue weighted by atomic mass is 10.2. The van der Waals surface area contributed by atoms with Crippen LogP contribution in [0.15, 0.2) is 41.1 Å². The largest absolute Gasteiger partial charge is 0.351 e. The molecule has 1 aromatic carbocycles. The fraction of sp³-hybridized carbons (Fsp3) is 0.133. The molecule has 1 heterocycles. The number of amides is 2. The summed E-state index contributed by atoms with van der Waals surface area (Å²) in [5, 5.41) is 17.7. The highest BCUT2D eigenvalue weighted by atomic mass is 32.1. The van der Waals surface area contributed by atoms with Crippen LogP contribution in [0, 0.1) is 11.3 Å². The molecule has 2 N–H and O–H groups in total. The van der Waals surface area contributed by atoms with Gasteiger partial charge in [-0.1, -0.05) is 0 Å². The molecule has 106 valence electrons. The second kappa shape index (κ2) is 7.22. The number of nitrogens with one attached hydrogen (secondary N) is 2. The monoisotopic (exact) mass is 299 g/mol. The first kappa shape index (κ1) is 14.8. The Morgan fingerprint density at radius 1 is 1.19 bits per heavy atom. The van der Waals surface area contributed by atoms with Gasteiger partial charge in [-0.3, -0.25) is 9.59 Å². The zero-order chi connectivity index (χ0) is 15.1. The Bertz CT molecular complexity index is 657. The van der Waals surface area contributed by atoms with E-state index in [2.05, 4.69) is 10.6 Å². The van der Waals surface area contributed by atoms with E-state index in [0.29, 0.717) is 16.8 Å². The third-order valence-electron chi connectivity index (χ3n) is 2.72. The van der Waals surface area contributed by atoms with Crippen LogP contribution in [0.1, 0.15) is 22.3 Å². The van der Waals surface area contributed by atoms with Gasteiger partial charge in [0.25, 0.3) is 5.91 Å². The summed E-state index contributed by atoms with van der Waals surface area (Å²) < 4.78 is 0. The van der Waals surface area contributed by atoms with E-state index in [1.54, 1.807) is 35.7 Å². The molecule has 0 saturated heterocycles. The van der Waals surface area contributed by atoms with Crippen molar-refractivity contribution in [2.45, 2.75) is 6.42 Å². The molecular weight excluding hydrogens is 286 g/mol. The topological polar surface area (TPSA) is 82.0 Å². The Balaban J connectivity index is 1.74. The van der Waals surface area contributed by atoms with Gasteiger partial charge in [0.05, 0.1) is 11.6 Å². The second-order valence-electron chi connectivity index (χ2n) is 4.26. The second-order valence-corrected chi connectivity index (χ2v) is 5.04. The van der Waals surface area contributed by atoms with Crippen molar-refractivity contribution in [3.63, 3.8) is 0 Å². The van der Waals surface area contributed by atoms with Gasteiger partial charge in [0.15, 0.2) is 0 Å². The predicted molar refractivity (Wildman–Crippen MR) is 81.1 cm³/mol. The first-order chi connectivity index (χ1) is 10.2. The molecule has 6 heteroatoms. The van der Waals surface area contributed by atoms with Gasteiger partial charge in [-0.05, 0) is 35.7 Å². The van der Waals surface area contributed by atoms with Crippen LogP contribution in [0.25, 0.3) is 0 Å². The van der Waals surface area contributed by atoms with Crippen LogP contribution in [-0.4, -0.2) is 18.4 Å². The molecule has 0 atom stereocenters. The highest BCUT2D eigenvalue weighted by Crippen LogP contribution is 2.09. The fourth-order valence-electron chi connectivity index (χ4n) is 1.64. The fourth-order valence-corrected chi connectivity index (χ4v) is 2.27. The highest BCUT2D eigenvalue weighted by molar-refractivity contribution is 7.08. The summed E-state index contributed by atoms with van der Waals surface area (Å²) in [5.74, 6) is -0.368. The first-order valence-electron chi connectivity index (χ1n) is 6.29. The first-order valence-corrected chi connectivity index (χ1v) is 7.24. The number of carbonyl (C=O) groups excluding carboxylic acids is 2. The van der Waals surface area contributed by atoms with E-state index in [9.17, 15) is 9.59 Å². The van der Waals surface area contributed by atoms with Crippen molar-refractivity contribution >= 4 is 28.8 Å². The summed E-state index contributed by atoms with van der Waals surface area (Å²) >= 11 is 1.45. The molecule has 0 fully saturated rings. The molecule has 5 nitrogen and oxygen atoms in total. The maximum Gasteiger partial charge on any atom is 0.252 e. The lowest BCUT2D eigenvalue weighted by Gasteiger charge is -2.06. The van der Waals surface area contributed by atoms with Crippen LogP contribution >= 0.6 is 11.3 Å². The summed E-state index contributed by atoms with van der Waals surface area (Å²) in [4.78, 5) is 23.4. The van der Waals surface area contributed by atoms with E-state index in [0.717, 1.165) is 0 Å². The van der Waals surface area contributed by atoms with E-state index >= 15 is 0 Å². The number of nitriles is 1. The Hall–Kier alpha value is -2.65. The van der Waals surface area contributed by atoms with Crippen LogP contribution in [-0.2, 0) is 4.79 Å². The molecule has 1 aromatic heterocycles. The van der Waals surface area contributed by atoms with Crippen molar-refractivity contribution < 1.29 is 9.59 Å². The summed E-state index contributed by atoms with van der Waals surface area (Å²) in [7, 11) is 0. The summed E-state index contributed by atoms with van der Waals surface area (Å²) in [6.07, 6.45) is 0.190. The van der Waals surface area contributed by atoms with Crippen molar-refractivity contribution in [1.29, 1.82) is 5.26 Å². The van der Waals surface area contributed by atoms with Crippen molar-refractivity contribution in [2.24, 2.45) is 0 Å². The predicted octanol–water partition coefficient (Wildman–Crippen LogP) is 2.38. The molecule has 0 unspecified atom stereocenters. The highest BCUT2D eigenvalue weighted by Gasteiger charge is 2.07. The van der Waals surface area contributed by atoms with Crippen LogP contribution < -0.4 is 10.6 Å². The van der Waals surface area contributed by atoms with Crippen molar-refractivity contribution in [3.8, 4) is 6.07 Å². The minimum atomic E-state index is -0.190. The van der Waals surface area contributed by atoms with Gasteiger partial charge >= 0.3 is 0 Å². The number of anilines is 1. The zero-order valence-electron chi connectivity index (χ0n) is 11.1. The van der Waals surface area contributed by atoms with E-state index in [-0.39, 0.29) is 24.8 Å². The van der Waals surface area contributed by atoms with E-state index in [1.165, 1.54) is 11.3 Å². The molecule has 0 aliphatic carbocycles. The number of nitrogens with zero attached hydrogens (tertiary/aromatic N) is 1. The maximum absolute atomic E-state index is 11.7. The number of benzene rings is 1. The SMILES string of the molecule is N#Cc1ccc(NC(=O)CCNC(=O)c2ccsc2)cc1. The molecule has 0 aliphatic rings. The summed E-state index contributed by atoms with van der Waals surface area (Å²) in [6.45, 7) is 0.275. The van der Waals surface area contributed by atoms with Gasteiger partial charge in [0.1, 0.15) is 0 Å². The van der Waals surface area contributed by atoms with E-state index in [4.69, 9.17) is 5.26 Å². The van der Waals surface area contributed by atoms with Crippen LogP contribution in [0.5, 0.6) is 0 Å². The van der Waals surface area contributed by atoms with Crippen LogP contribution in [0.4, 0.5) is 5.69 Å². The Kier molecular flexibility index (Phi) is 5.07. The normalized spacial score (nSPS) is 9.67. The molecule has 0 bridgehead atoms. The quantitative estimate of drug-likeness (QED) is 0.889. The molecule has 0 saturated carbocycles. The maximum atomic E-state index is 11.7. The van der Waals surface area contributed by atoms with Crippen LogP contribution in [0.3, 0.4) is 0 Å². The number of rotatable bonds is 5. The molecule has 2 amide bonds. The minimum Gasteiger partial charge on any atom is -0.351 e. The summed E-state index contributed by atoms with van der Waals surface area (Å²) in [6, 6.07) is 10.3. The van der Waals surface area contributed by atoms with E-state index in [1.807, 2.05) is 11.4 Å². The number of hydrogen-bond acceptors (Lipinski definition) is 4. The van der Waals surface area contributed by atoms with Crippen molar-refractivity contribution in [1.82, 2.24) is 5.32 Å². The Labute approximate surface area is 126 Å². The minimum absolute atomic E-state index is 0.178. The summed E-state index contributed by atoms with van der Waals surface area (Å²) in [5.41, 5.74) is 1.77. The smallest absolute Gasteiger partial charge is 0.252 e. The lowest BCUT2D eigenvalue weighted by Crippen LogP contribution is -2.27. The Morgan fingerprint density at radius 3 is 2.57 bits per heavy atom. The van der Waals surface area contributed by atoms with Gasteiger partial charge in [0.2, 0.25) is 5.91 Å². The molecule has 2 rings (SSSR count). The van der Waals surface area contributed by atoms with E-state index < -0.39 is 0 Å². The third-order valence-corrected chi connectivity index (χ3v) is 3.40. The number of thiophene rings is 1. The Morgan fingerprint density at radius 2 is 1.95 bits per heavy atom. The van der Waals surface area contributed by atoms with Gasteiger partial charge in [-0.25, -0.2) is 0 Å². The van der Waals surface area contributed by atoms with Gasteiger partial charge < -0.3 is 10.6 Å². The molecule has 2 aromatic rings.